The number of nitrogens with one attached hydrogen (secondary N) is 1. The van der Waals surface area contributed by atoms with Gasteiger partial charge in [0.1, 0.15) is 0 Å². The molecular formula is C14H22N2. The number of piperidine rings is 1. The second kappa shape index (κ2) is 6.02. The van der Waals surface area contributed by atoms with E-state index in [0.29, 0.717) is 0 Å². The minimum atomic E-state index is 0.777. The second-order valence-electron chi connectivity index (χ2n) is 4.56. The summed E-state index contributed by atoms with van der Waals surface area (Å²) in [6, 6.07) is 10.9. The van der Waals surface area contributed by atoms with Crippen molar-refractivity contribution in [2.75, 3.05) is 26.3 Å². The summed E-state index contributed by atoms with van der Waals surface area (Å²) in [7, 11) is 0. The Bertz CT molecular complexity index is 289. The topological polar surface area (TPSA) is 15.3 Å². The molecular weight excluding hydrogens is 196 g/mol. The fraction of sp³-hybridized carbons (Fsp3) is 0.571. The molecule has 0 amide bonds. The molecule has 0 saturated carbocycles. The van der Waals surface area contributed by atoms with Gasteiger partial charge >= 0.3 is 0 Å². The van der Waals surface area contributed by atoms with E-state index < -0.39 is 0 Å². The van der Waals surface area contributed by atoms with Gasteiger partial charge < -0.3 is 5.32 Å². The van der Waals surface area contributed by atoms with Crippen LogP contribution < -0.4 is 5.32 Å². The number of likely N-dealkylation sites (tertiary alicyclic amines) is 1. The van der Waals surface area contributed by atoms with Crippen molar-refractivity contribution in [2.45, 2.75) is 25.7 Å². The minimum absolute atomic E-state index is 0.777. The summed E-state index contributed by atoms with van der Waals surface area (Å²) in [4.78, 5) is 2.52. The summed E-state index contributed by atoms with van der Waals surface area (Å²) in [5.41, 5.74) is 1.52. The Hall–Kier alpha value is -0.860. The summed E-state index contributed by atoms with van der Waals surface area (Å²) < 4.78 is 0. The highest BCUT2D eigenvalue weighted by atomic mass is 15.2. The van der Waals surface area contributed by atoms with Gasteiger partial charge in [0.15, 0.2) is 0 Å². The van der Waals surface area contributed by atoms with E-state index in [0.717, 1.165) is 19.1 Å². The zero-order valence-electron chi connectivity index (χ0n) is 10.2. The second-order valence-corrected chi connectivity index (χ2v) is 4.56. The highest BCUT2D eigenvalue weighted by Gasteiger charge is 2.19. The Morgan fingerprint density at radius 3 is 2.50 bits per heavy atom. The first-order chi connectivity index (χ1) is 7.90. The van der Waals surface area contributed by atoms with Crippen molar-refractivity contribution in [3.05, 3.63) is 35.9 Å². The summed E-state index contributed by atoms with van der Waals surface area (Å²) in [5.74, 6) is 0.777. The molecule has 0 radical (unpaired) electrons. The number of nitrogens with zero attached hydrogens (tertiary/aromatic N) is 1. The van der Waals surface area contributed by atoms with Crippen LogP contribution in [0.25, 0.3) is 0 Å². The van der Waals surface area contributed by atoms with Crippen LogP contribution in [0.3, 0.4) is 0 Å². The molecule has 1 saturated heterocycles. The number of hydrogen-bond acceptors (Lipinski definition) is 2. The molecule has 0 aromatic heterocycles. The van der Waals surface area contributed by atoms with Gasteiger partial charge in [0.05, 0.1) is 0 Å². The summed E-state index contributed by atoms with van der Waals surface area (Å²) in [5, 5.41) is 3.40. The lowest BCUT2D eigenvalue weighted by Crippen LogP contribution is -2.39. The maximum absolute atomic E-state index is 3.40. The van der Waals surface area contributed by atoms with Crippen LogP contribution in [-0.4, -0.2) is 31.2 Å². The first-order valence-corrected chi connectivity index (χ1v) is 6.38. The lowest BCUT2D eigenvalue weighted by molar-refractivity contribution is 0.199. The molecule has 2 heteroatoms. The highest BCUT2D eigenvalue weighted by molar-refractivity contribution is 5.19. The lowest BCUT2D eigenvalue weighted by Gasteiger charge is -2.32. The first-order valence-electron chi connectivity index (χ1n) is 6.38. The average Bonchev–Trinajstić information content (AvgIpc) is 2.38. The Labute approximate surface area is 98.7 Å². The van der Waals surface area contributed by atoms with E-state index in [2.05, 4.69) is 47.5 Å². The molecule has 1 aliphatic rings. The Morgan fingerprint density at radius 1 is 1.19 bits per heavy atom. The maximum atomic E-state index is 3.40. The van der Waals surface area contributed by atoms with E-state index in [1.54, 1.807) is 0 Å². The van der Waals surface area contributed by atoms with Crippen molar-refractivity contribution < 1.29 is 0 Å². The van der Waals surface area contributed by atoms with Gasteiger partial charge in [0, 0.05) is 6.67 Å². The molecule has 1 aromatic rings. The average molecular weight is 218 g/mol. The van der Waals surface area contributed by atoms with Crippen LogP contribution in [0.4, 0.5) is 0 Å². The van der Waals surface area contributed by atoms with Gasteiger partial charge in [0.2, 0.25) is 0 Å². The van der Waals surface area contributed by atoms with E-state index in [9.17, 15) is 0 Å². The van der Waals surface area contributed by atoms with Gasteiger partial charge in [-0.3, -0.25) is 4.90 Å². The molecule has 0 aliphatic carbocycles. The Morgan fingerprint density at radius 2 is 1.88 bits per heavy atom. The van der Waals surface area contributed by atoms with Crippen LogP contribution in [0.5, 0.6) is 0 Å². The smallest absolute Gasteiger partial charge is 0.0480 e. The van der Waals surface area contributed by atoms with E-state index in [4.69, 9.17) is 0 Å². The lowest BCUT2D eigenvalue weighted by atomic mass is 9.90. The predicted octanol–water partition coefficient (Wildman–Crippen LogP) is 2.43. The van der Waals surface area contributed by atoms with Crippen LogP contribution in [0, 0.1) is 0 Å². The Balaban J connectivity index is 1.81. The zero-order chi connectivity index (χ0) is 11.2. The van der Waals surface area contributed by atoms with Gasteiger partial charge in [-0.1, -0.05) is 37.3 Å². The van der Waals surface area contributed by atoms with Gasteiger partial charge in [-0.05, 0) is 44.0 Å². The largest absolute Gasteiger partial charge is 0.305 e. The summed E-state index contributed by atoms with van der Waals surface area (Å²) >= 11 is 0. The minimum Gasteiger partial charge on any atom is -0.305 e. The molecule has 0 spiro atoms. The molecule has 2 nitrogen and oxygen atoms in total. The maximum Gasteiger partial charge on any atom is 0.0480 e. The monoisotopic (exact) mass is 218 g/mol. The van der Waals surface area contributed by atoms with Gasteiger partial charge in [0.25, 0.3) is 0 Å². The van der Waals surface area contributed by atoms with Gasteiger partial charge in [-0.15, -0.1) is 0 Å². The number of hydrogen-bond donors (Lipinski definition) is 1. The van der Waals surface area contributed by atoms with Crippen LogP contribution in [0.2, 0.25) is 0 Å². The van der Waals surface area contributed by atoms with Crippen LogP contribution in [0.1, 0.15) is 31.2 Å². The molecule has 1 N–H and O–H groups in total. The molecule has 1 aliphatic heterocycles. The molecule has 0 bridgehead atoms. The van der Waals surface area contributed by atoms with Crippen molar-refractivity contribution >= 4 is 0 Å². The van der Waals surface area contributed by atoms with Crippen molar-refractivity contribution in [3.63, 3.8) is 0 Å². The molecule has 88 valence electrons. The summed E-state index contributed by atoms with van der Waals surface area (Å²) in [6.45, 7) is 6.74. The molecule has 0 atom stereocenters. The molecule has 1 fully saturated rings. The third-order valence-corrected chi connectivity index (χ3v) is 3.44. The SMILES string of the molecule is CCNCN1CCC(c2ccccc2)CC1. The first kappa shape index (κ1) is 11.6. The third kappa shape index (κ3) is 3.06. The normalized spacial score (nSPS) is 18.8. The summed E-state index contributed by atoms with van der Waals surface area (Å²) in [6.07, 6.45) is 2.60. The van der Waals surface area contributed by atoms with Crippen LogP contribution in [0.15, 0.2) is 30.3 Å². The van der Waals surface area contributed by atoms with E-state index >= 15 is 0 Å². The van der Waals surface area contributed by atoms with Crippen molar-refractivity contribution in [1.29, 1.82) is 0 Å². The van der Waals surface area contributed by atoms with Gasteiger partial charge in [-0.25, -0.2) is 0 Å². The zero-order valence-corrected chi connectivity index (χ0v) is 10.2. The predicted molar refractivity (Wildman–Crippen MR) is 68.5 cm³/mol. The molecule has 16 heavy (non-hydrogen) atoms. The standard InChI is InChI=1S/C14H22N2/c1-2-15-12-16-10-8-14(9-11-16)13-6-4-3-5-7-13/h3-7,14-15H,2,8-12H2,1H3. The highest BCUT2D eigenvalue weighted by Crippen LogP contribution is 2.27. The Kier molecular flexibility index (Phi) is 4.37. The van der Waals surface area contributed by atoms with Crippen LogP contribution >= 0.6 is 0 Å². The number of rotatable bonds is 4. The van der Waals surface area contributed by atoms with Crippen molar-refractivity contribution in [1.82, 2.24) is 10.2 Å². The van der Waals surface area contributed by atoms with E-state index in [-0.39, 0.29) is 0 Å². The van der Waals surface area contributed by atoms with Crippen molar-refractivity contribution in [2.24, 2.45) is 0 Å². The van der Waals surface area contributed by atoms with Crippen LogP contribution in [-0.2, 0) is 0 Å². The fourth-order valence-corrected chi connectivity index (χ4v) is 2.42. The molecule has 0 unspecified atom stereocenters. The molecule has 2 rings (SSSR count). The quantitative estimate of drug-likeness (QED) is 0.835. The van der Waals surface area contributed by atoms with Gasteiger partial charge in [-0.2, -0.15) is 0 Å². The molecule has 1 heterocycles. The fourth-order valence-electron chi connectivity index (χ4n) is 2.42. The van der Waals surface area contributed by atoms with Crippen molar-refractivity contribution in [3.8, 4) is 0 Å². The van der Waals surface area contributed by atoms with E-state index in [1.807, 2.05) is 0 Å². The van der Waals surface area contributed by atoms with E-state index in [1.165, 1.54) is 31.5 Å². The molecule has 1 aromatic carbocycles. The number of benzene rings is 1. The third-order valence-electron chi connectivity index (χ3n) is 3.44.